The molecule has 1 aliphatic carbocycles. The highest BCUT2D eigenvalue weighted by molar-refractivity contribution is 6.31. The van der Waals surface area contributed by atoms with Crippen LogP contribution in [0.5, 0.6) is 0 Å². The first-order valence-corrected chi connectivity index (χ1v) is 10.2. The van der Waals surface area contributed by atoms with Crippen LogP contribution in [0.1, 0.15) is 43.2 Å². The van der Waals surface area contributed by atoms with E-state index in [0.717, 1.165) is 11.3 Å². The summed E-state index contributed by atoms with van der Waals surface area (Å²) in [4.78, 5) is 30.5. The van der Waals surface area contributed by atoms with Gasteiger partial charge in [-0.05, 0) is 50.5 Å². The number of halogens is 2. The van der Waals surface area contributed by atoms with Crippen molar-refractivity contribution in [3.63, 3.8) is 0 Å². The van der Waals surface area contributed by atoms with Gasteiger partial charge in [-0.15, -0.1) is 0 Å². The van der Waals surface area contributed by atoms with Gasteiger partial charge in [0, 0.05) is 45.7 Å². The average Bonchev–Trinajstić information content (AvgIpc) is 2.69. The molecule has 4 rings (SSSR count). The molecule has 2 aliphatic rings. The van der Waals surface area contributed by atoms with E-state index < -0.39 is 17.6 Å². The molecule has 0 saturated heterocycles. The largest absolute Gasteiger partial charge is 0.362 e. The summed E-state index contributed by atoms with van der Waals surface area (Å²) in [6.07, 6.45) is 3.31. The van der Waals surface area contributed by atoms with Crippen molar-refractivity contribution >= 4 is 29.1 Å². The highest BCUT2D eigenvalue weighted by atomic mass is 35.5. The van der Waals surface area contributed by atoms with Gasteiger partial charge in [-0.1, -0.05) is 23.7 Å². The fourth-order valence-corrected chi connectivity index (χ4v) is 4.42. The SMILES string of the molecule is CC1=C(C(=O)Nc2ncccc2C)[C@@H](c2c(F)cccc2Cl)C2=C(CCCC2=O)N1. The predicted molar refractivity (Wildman–Crippen MR) is 113 cm³/mol. The van der Waals surface area contributed by atoms with Crippen molar-refractivity contribution in [1.82, 2.24) is 10.3 Å². The first kappa shape index (κ1) is 20.3. The number of rotatable bonds is 3. The minimum Gasteiger partial charge on any atom is -0.362 e. The summed E-state index contributed by atoms with van der Waals surface area (Å²) >= 11 is 6.38. The van der Waals surface area contributed by atoms with Crippen LogP contribution in [0.2, 0.25) is 5.02 Å². The molecule has 0 bridgehead atoms. The highest BCUT2D eigenvalue weighted by Gasteiger charge is 2.40. The molecule has 1 aliphatic heterocycles. The van der Waals surface area contributed by atoms with Crippen LogP contribution in [0.15, 0.2) is 59.1 Å². The molecule has 0 unspecified atom stereocenters. The molecule has 2 N–H and O–H groups in total. The van der Waals surface area contributed by atoms with Crippen molar-refractivity contribution < 1.29 is 14.0 Å². The van der Waals surface area contributed by atoms with Gasteiger partial charge in [0.05, 0.1) is 5.92 Å². The topological polar surface area (TPSA) is 71.1 Å². The van der Waals surface area contributed by atoms with Gasteiger partial charge in [-0.2, -0.15) is 0 Å². The Morgan fingerprint density at radius 3 is 2.77 bits per heavy atom. The summed E-state index contributed by atoms with van der Waals surface area (Å²) < 4.78 is 15.0. The zero-order chi connectivity index (χ0) is 21.4. The van der Waals surface area contributed by atoms with Crippen molar-refractivity contribution in [2.24, 2.45) is 0 Å². The van der Waals surface area contributed by atoms with E-state index >= 15 is 0 Å². The molecule has 1 aromatic carbocycles. The van der Waals surface area contributed by atoms with E-state index in [1.54, 1.807) is 25.3 Å². The Hall–Kier alpha value is -2.99. The molecule has 2 aromatic rings. The molecule has 30 heavy (non-hydrogen) atoms. The monoisotopic (exact) mass is 425 g/mol. The predicted octanol–water partition coefficient (Wildman–Crippen LogP) is 4.79. The number of pyridine rings is 1. The lowest BCUT2D eigenvalue weighted by molar-refractivity contribution is -0.116. The molecule has 1 atom stereocenters. The Labute approximate surface area is 179 Å². The Morgan fingerprint density at radius 1 is 1.23 bits per heavy atom. The lowest BCUT2D eigenvalue weighted by Crippen LogP contribution is -2.36. The van der Waals surface area contributed by atoms with Gasteiger partial charge in [-0.25, -0.2) is 9.37 Å². The van der Waals surface area contributed by atoms with Crippen molar-refractivity contribution in [1.29, 1.82) is 0 Å². The lowest BCUT2D eigenvalue weighted by Gasteiger charge is -2.35. The van der Waals surface area contributed by atoms with Crippen LogP contribution in [0.4, 0.5) is 10.2 Å². The fourth-order valence-electron chi connectivity index (χ4n) is 4.15. The molecule has 0 saturated carbocycles. The molecule has 5 nitrogen and oxygen atoms in total. The first-order chi connectivity index (χ1) is 14.4. The number of amides is 1. The zero-order valence-corrected chi connectivity index (χ0v) is 17.4. The number of carbonyl (C=O) groups excluding carboxylic acids is 2. The van der Waals surface area contributed by atoms with Gasteiger partial charge in [0.1, 0.15) is 11.6 Å². The molecule has 0 spiro atoms. The summed E-state index contributed by atoms with van der Waals surface area (Å²) in [5.41, 5.74) is 2.92. The number of benzene rings is 1. The number of Topliss-reactive ketones (excluding diaryl/α,β-unsaturated/α-hetero) is 1. The molecule has 154 valence electrons. The standard InChI is InChI=1S/C23H21ClFN3O2/c1-12-6-5-11-26-22(12)28-23(30)18-13(2)27-16-9-4-10-17(29)20(16)21(18)19-14(24)7-3-8-15(19)25/h3,5-8,11,21,27H,4,9-10H2,1-2H3,(H,26,28,30)/t21-/m0/s1. The van der Waals surface area contributed by atoms with Crippen LogP contribution in [0, 0.1) is 12.7 Å². The van der Waals surface area contributed by atoms with Crippen molar-refractivity contribution in [3.05, 3.63) is 81.0 Å². The Kier molecular flexibility index (Phi) is 5.43. The third-order valence-electron chi connectivity index (χ3n) is 5.55. The molecule has 0 radical (unpaired) electrons. The lowest BCUT2D eigenvalue weighted by atomic mass is 9.75. The van der Waals surface area contributed by atoms with Crippen LogP contribution in [-0.2, 0) is 9.59 Å². The number of hydrogen-bond acceptors (Lipinski definition) is 4. The third kappa shape index (κ3) is 3.52. The van der Waals surface area contributed by atoms with Crippen molar-refractivity contribution in [2.75, 3.05) is 5.32 Å². The molecule has 7 heteroatoms. The Balaban J connectivity index is 1.86. The second-order valence-electron chi connectivity index (χ2n) is 7.52. The first-order valence-electron chi connectivity index (χ1n) is 9.79. The van der Waals surface area contributed by atoms with Gasteiger partial charge in [0.25, 0.3) is 5.91 Å². The van der Waals surface area contributed by atoms with Gasteiger partial charge >= 0.3 is 0 Å². The van der Waals surface area contributed by atoms with E-state index in [-0.39, 0.29) is 21.9 Å². The second kappa shape index (κ2) is 8.03. The molecule has 1 amide bonds. The molecular formula is C23H21ClFN3O2. The maximum absolute atomic E-state index is 15.0. The summed E-state index contributed by atoms with van der Waals surface area (Å²) in [7, 11) is 0. The van der Waals surface area contributed by atoms with E-state index in [9.17, 15) is 14.0 Å². The number of dihydropyridines is 1. The summed E-state index contributed by atoms with van der Waals surface area (Å²) in [5.74, 6) is -1.56. The minimum absolute atomic E-state index is 0.0973. The molecular weight excluding hydrogens is 405 g/mol. The van der Waals surface area contributed by atoms with E-state index in [2.05, 4.69) is 15.6 Å². The number of carbonyl (C=O) groups is 2. The average molecular weight is 426 g/mol. The van der Waals surface area contributed by atoms with Crippen LogP contribution in [0.3, 0.4) is 0 Å². The number of aromatic nitrogens is 1. The van der Waals surface area contributed by atoms with Crippen LogP contribution in [0.25, 0.3) is 0 Å². The number of allylic oxidation sites excluding steroid dienone is 3. The number of hydrogen-bond donors (Lipinski definition) is 2. The number of anilines is 1. The Morgan fingerprint density at radius 2 is 2.03 bits per heavy atom. The smallest absolute Gasteiger partial charge is 0.255 e. The van der Waals surface area contributed by atoms with Crippen LogP contribution >= 0.6 is 11.6 Å². The zero-order valence-electron chi connectivity index (χ0n) is 16.7. The maximum atomic E-state index is 15.0. The Bertz CT molecular complexity index is 1100. The summed E-state index contributed by atoms with van der Waals surface area (Å²) in [5, 5.41) is 6.20. The van der Waals surface area contributed by atoms with E-state index in [1.807, 2.05) is 13.0 Å². The molecule has 2 heterocycles. The van der Waals surface area contributed by atoms with Gasteiger partial charge in [0.15, 0.2) is 5.78 Å². The van der Waals surface area contributed by atoms with E-state index in [4.69, 9.17) is 11.6 Å². The number of aryl methyl sites for hydroxylation is 1. The van der Waals surface area contributed by atoms with Gasteiger partial charge < -0.3 is 10.6 Å². The summed E-state index contributed by atoms with van der Waals surface area (Å²) in [6, 6.07) is 7.98. The minimum atomic E-state index is -0.883. The van der Waals surface area contributed by atoms with E-state index in [1.165, 1.54) is 12.1 Å². The van der Waals surface area contributed by atoms with Gasteiger partial charge in [0.2, 0.25) is 0 Å². The van der Waals surface area contributed by atoms with Crippen LogP contribution < -0.4 is 10.6 Å². The van der Waals surface area contributed by atoms with Crippen molar-refractivity contribution in [2.45, 2.75) is 39.0 Å². The number of nitrogens with one attached hydrogen (secondary N) is 2. The summed E-state index contributed by atoms with van der Waals surface area (Å²) in [6.45, 7) is 3.59. The molecule has 1 aromatic heterocycles. The van der Waals surface area contributed by atoms with Crippen molar-refractivity contribution in [3.8, 4) is 0 Å². The number of nitrogens with zero attached hydrogens (tertiary/aromatic N) is 1. The fraction of sp³-hybridized carbons (Fsp3) is 0.261. The highest BCUT2D eigenvalue weighted by Crippen LogP contribution is 2.45. The van der Waals surface area contributed by atoms with E-state index in [0.29, 0.717) is 36.4 Å². The van der Waals surface area contributed by atoms with Gasteiger partial charge in [-0.3, -0.25) is 9.59 Å². The number of ketones is 1. The second-order valence-corrected chi connectivity index (χ2v) is 7.93. The van der Waals surface area contributed by atoms with Crippen LogP contribution in [-0.4, -0.2) is 16.7 Å². The quantitative estimate of drug-likeness (QED) is 0.741. The molecule has 0 fully saturated rings. The third-order valence-corrected chi connectivity index (χ3v) is 5.88. The maximum Gasteiger partial charge on any atom is 0.255 e. The normalized spacial score (nSPS) is 18.8.